The van der Waals surface area contributed by atoms with Crippen molar-refractivity contribution in [2.75, 3.05) is 13.7 Å². The molecule has 1 aliphatic rings. The zero-order valence-corrected chi connectivity index (χ0v) is 17.7. The summed E-state index contributed by atoms with van der Waals surface area (Å²) in [5.41, 5.74) is 2.10. The van der Waals surface area contributed by atoms with Crippen LogP contribution in [0.25, 0.3) is 5.57 Å². The van der Waals surface area contributed by atoms with E-state index in [9.17, 15) is 14.4 Å². The molecule has 2 aromatic rings. The number of benzene rings is 2. The van der Waals surface area contributed by atoms with Gasteiger partial charge in [0.1, 0.15) is 5.57 Å². The van der Waals surface area contributed by atoms with Gasteiger partial charge in [-0.15, -0.1) is 0 Å². The number of amides is 1. The summed E-state index contributed by atoms with van der Waals surface area (Å²) < 4.78 is 9.84. The van der Waals surface area contributed by atoms with Crippen LogP contribution in [0.1, 0.15) is 25.0 Å². The molecule has 3 rings (SSSR count). The largest absolute Gasteiger partial charge is 0.465 e. The highest BCUT2D eigenvalue weighted by atomic mass is 32.2. The molecule has 2 aromatic carbocycles. The number of esters is 2. The predicted octanol–water partition coefficient (Wildman–Crippen LogP) is 3.71. The van der Waals surface area contributed by atoms with Crippen molar-refractivity contribution in [3.8, 4) is 0 Å². The molecule has 0 atom stereocenters. The van der Waals surface area contributed by atoms with Gasteiger partial charge < -0.3 is 14.8 Å². The molecule has 0 bridgehead atoms. The first-order valence-electron chi connectivity index (χ1n) is 9.31. The lowest BCUT2D eigenvalue weighted by atomic mass is 9.91. The molecule has 0 unspecified atom stereocenters. The summed E-state index contributed by atoms with van der Waals surface area (Å²) in [6.07, 6.45) is 1.24. The third-order valence-electron chi connectivity index (χ3n) is 4.42. The molecule has 0 aromatic heterocycles. The van der Waals surface area contributed by atoms with Gasteiger partial charge in [0.2, 0.25) is 0 Å². The molecular formula is C23H21NO5S. The van der Waals surface area contributed by atoms with Crippen LogP contribution in [0.3, 0.4) is 0 Å². The number of fused-ring (bicyclic) bond motifs is 2. The molecule has 1 heterocycles. The zero-order valence-electron chi connectivity index (χ0n) is 16.9. The van der Waals surface area contributed by atoms with Gasteiger partial charge in [0.25, 0.3) is 5.91 Å². The van der Waals surface area contributed by atoms with Crippen LogP contribution in [0.4, 0.5) is 0 Å². The highest BCUT2D eigenvalue weighted by molar-refractivity contribution is 7.99. The van der Waals surface area contributed by atoms with Crippen LogP contribution in [0.2, 0.25) is 0 Å². The number of methoxy groups -OCH3 is 1. The average molecular weight is 423 g/mol. The minimum absolute atomic E-state index is 0.134. The fraction of sp³-hybridized carbons (Fsp3) is 0.174. The standard InChI is InChI=1S/C23H21NO5S/c1-4-29-22(26)14(2)13-24-21(25)20(23(27)28-3)19-15-9-5-7-11-17(15)30-18-12-8-6-10-16(18)19/h5-13H,4H2,1-3H3,(H,24,25). The fourth-order valence-electron chi connectivity index (χ4n) is 3.02. The van der Waals surface area contributed by atoms with Gasteiger partial charge in [0, 0.05) is 21.6 Å². The van der Waals surface area contributed by atoms with Crippen molar-refractivity contribution in [2.24, 2.45) is 0 Å². The Bertz CT molecular complexity index is 1020. The Morgan fingerprint density at radius 1 is 0.967 bits per heavy atom. The van der Waals surface area contributed by atoms with Gasteiger partial charge in [-0.3, -0.25) is 4.79 Å². The third kappa shape index (κ3) is 4.31. The van der Waals surface area contributed by atoms with Crippen LogP contribution in [0.15, 0.2) is 75.7 Å². The molecule has 0 radical (unpaired) electrons. The summed E-state index contributed by atoms with van der Waals surface area (Å²) in [5, 5.41) is 2.53. The lowest BCUT2D eigenvalue weighted by molar-refractivity contribution is -0.139. The van der Waals surface area contributed by atoms with E-state index in [0.29, 0.717) is 5.57 Å². The number of ether oxygens (including phenoxy) is 2. The van der Waals surface area contributed by atoms with Gasteiger partial charge in [0.15, 0.2) is 0 Å². The van der Waals surface area contributed by atoms with Crippen molar-refractivity contribution in [1.29, 1.82) is 0 Å². The molecule has 1 N–H and O–H groups in total. The molecule has 0 saturated heterocycles. The van der Waals surface area contributed by atoms with Crippen molar-refractivity contribution in [3.63, 3.8) is 0 Å². The van der Waals surface area contributed by atoms with Gasteiger partial charge in [-0.05, 0) is 37.1 Å². The van der Waals surface area contributed by atoms with E-state index in [1.165, 1.54) is 20.2 Å². The number of carbonyl (C=O) groups is 3. The quantitative estimate of drug-likeness (QED) is 0.292. The van der Waals surface area contributed by atoms with Crippen molar-refractivity contribution < 1.29 is 23.9 Å². The summed E-state index contributed by atoms with van der Waals surface area (Å²) in [4.78, 5) is 39.4. The molecular weight excluding hydrogens is 402 g/mol. The molecule has 0 saturated carbocycles. The topological polar surface area (TPSA) is 81.7 Å². The van der Waals surface area contributed by atoms with Gasteiger partial charge in [-0.1, -0.05) is 48.2 Å². The highest BCUT2D eigenvalue weighted by Crippen LogP contribution is 2.46. The Balaban J connectivity index is 2.14. The Morgan fingerprint density at radius 3 is 2.07 bits per heavy atom. The Kier molecular flexibility index (Phi) is 6.74. The summed E-state index contributed by atoms with van der Waals surface area (Å²) >= 11 is 1.57. The third-order valence-corrected chi connectivity index (χ3v) is 5.57. The van der Waals surface area contributed by atoms with Crippen molar-refractivity contribution in [3.05, 3.63) is 77.0 Å². The summed E-state index contributed by atoms with van der Waals surface area (Å²) in [6, 6.07) is 15.1. The van der Waals surface area contributed by atoms with Crippen LogP contribution in [0, 0.1) is 0 Å². The smallest absolute Gasteiger partial charge is 0.344 e. The molecule has 154 valence electrons. The van der Waals surface area contributed by atoms with Crippen molar-refractivity contribution in [2.45, 2.75) is 23.6 Å². The van der Waals surface area contributed by atoms with Crippen LogP contribution in [-0.2, 0) is 23.9 Å². The van der Waals surface area contributed by atoms with E-state index in [0.717, 1.165) is 20.9 Å². The number of hydrogen-bond acceptors (Lipinski definition) is 6. The van der Waals surface area contributed by atoms with E-state index in [2.05, 4.69) is 5.32 Å². The number of hydrogen-bond donors (Lipinski definition) is 1. The predicted molar refractivity (Wildman–Crippen MR) is 114 cm³/mol. The van der Waals surface area contributed by atoms with Gasteiger partial charge in [-0.2, -0.15) is 0 Å². The highest BCUT2D eigenvalue weighted by Gasteiger charge is 2.30. The van der Waals surface area contributed by atoms with E-state index in [4.69, 9.17) is 9.47 Å². The van der Waals surface area contributed by atoms with E-state index in [-0.39, 0.29) is 17.8 Å². The second-order valence-electron chi connectivity index (χ2n) is 6.36. The van der Waals surface area contributed by atoms with Gasteiger partial charge in [0.05, 0.1) is 19.3 Å². The first kappa shape index (κ1) is 21.4. The minimum atomic E-state index is -0.763. The van der Waals surface area contributed by atoms with Crippen LogP contribution in [-0.4, -0.2) is 31.6 Å². The van der Waals surface area contributed by atoms with Gasteiger partial charge >= 0.3 is 11.9 Å². The van der Waals surface area contributed by atoms with E-state index >= 15 is 0 Å². The lowest BCUT2D eigenvalue weighted by Crippen LogP contribution is -2.28. The Labute approximate surface area is 179 Å². The molecule has 1 aliphatic heterocycles. The molecule has 1 amide bonds. The van der Waals surface area contributed by atoms with Gasteiger partial charge in [-0.25, -0.2) is 9.59 Å². The Morgan fingerprint density at radius 2 is 1.53 bits per heavy atom. The van der Waals surface area contributed by atoms with Crippen LogP contribution < -0.4 is 5.32 Å². The van der Waals surface area contributed by atoms with Crippen LogP contribution in [0.5, 0.6) is 0 Å². The normalized spacial score (nSPS) is 12.4. The summed E-state index contributed by atoms with van der Waals surface area (Å²) in [7, 11) is 1.23. The first-order valence-corrected chi connectivity index (χ1v) is 10.1. The maximum atomic E-state index is 13.1. The maximum absolute atomic E-state index is 13.1. The number of carbonyl (C=O) groups excluding carboxylic acids is 3. The second kappa shape index (κ2) is 9.45. The maximum Gasteiger partial charge on any atom is 0.344 e. The molecule has 0 aliphatic carbocycles. The average Bonchev–Trinajstić information content (AvgIpc) is 2.77. The minimum Gasteiger partial charge on any atom is -0.465 e. The Hall–Kier alpha value is -3.32. The fourth-order valence-corrected chi connectivity index (χ4v) is 4.11. The monoisotopic (exact) mass is 423 g/mol. The zero-order chi connectivity index (χ0) is 21.7. The summed E-state index contributed by atoms with van der Waals surface area (Å²) in [6.45, 7) is 3.44. The van der Waals surface area contributed by atoms with E-state index in [1.54, 1.807) is 18.7 Å². The molecule has 0 spiro atoms. The summed E-state index contributed by atoms with van der Waals surface area (Å²) in [5.74, 6) is -1.98. The molecule has 30 heavy (non-hydrogen) atoms. The van der Waals surface area contributed by atoms with E-state index in [1.807, 2.05) is 48.5 Å². The van der Waals surface area contributed by atoms with Crippen molar-refractivity contribution in [1.82, 2.24) is 5.32 Å². The van der Waals surface area contributed by atoms with Crippen LogP contribution >= 0.6 is 11.8 Å². The first-order chi connectivity index (χ1) is 14.5. The van der Waals surface area contributed by atoms with E-state index < -0.39 is 17.8 Å². The molecule has 0 fully saturated rings. The number of rotatable bonds is 5. The second-order valence-corrected chi connectivity index (χ2v) is 7.44. The molecule has 7 heteroatoms. The number of nitrogens with one attached hydrogen (secondary N) is 1. The molecule has 6 nitrogen and oxygen atoms in total. The SMILES string of the molecule is CCOC(=O)C(C)=CNC(=O)C(C(=O)OC)=C1c2ccccc2Sc2ccccc21. The van der Waals surface area contributed by atoms with Crippen molar-refractivity contribution >= 4 is 35.2 Å². The lowest BCUT2D eigenvalue weighted by Gasteiger charge is -2.23.